The Morgan fingerprint density at radius 2 is 1.95 bits per heavy atom. The highest BCUT2D eigenvalue weighted by Gasteiger charge is 2.36. The number of amides is 1. The van der Waals surface area contributed by atoms with Gasteiger partial charge in [0.05, 0.1) is 11.8 Å². The molecule has 3 N–H and O–H groups in total. The van der Waals surface area contributed by atoms with Gasteiger partial charge in [-0.2, -0.15) is 0 Å². The molecule has 2 aromatic heterocycles. The highest BCUT2D eigenvalue weighted by atomic mass is 19.4. The lowest BCUT2D eigenvalue weighted by atomic mass is 9.75. The Hall–Kier alpha value is -3.34. The monoisotopic (exact) mass is 532 g/mol. The Labute approximate surface area is 216 Å². The topological polar surface area (TPSA) is 93.5 Å². The minimum atomic E-state index is -4.85. The molecule has 38 heavy (non-hydrogen) atoms. The summed E-state index contributed by atoms with van der Waals surface area (Å²) in [5, 5.41) is 0.873. The number of aromatic nitrogens is 2. The predicted molar refractivity (Wildman–Crippen MR) is 131 cm³/mol. The van der Waals surface area contributed by atoms with Gasteiger partial charge in [0.25, 0.3) is 5.91 Å². The van der Waals surface area contributed by atoms with E-state index < -0.39 is 12.1 Å². The van der Waals surface area contributed by atoms with Gasteiger partial charge < -0.3 is 25.1 Å². The third-order valence-electron chi connectivity index (χ3n) is 8.25. The van der Waals surface area contributed by atoms with Crippen LogP contribution in [0.5, 0.6) is 5.75 Å². The number of ether oxygens (including phenoxy) is 2. The molecule has 2 saturated heterocycles. The fourth-order valence-electron chi connectivity index (χ4n) is 6.40. The van der Waals surface area contributed by atoms with E-state index in [-0.39, 0.29) is 28.9 Å². The number of halogens is 4. The molecular formula is C27H28F4N4O3. The third kappa shape index (κ3) is 4.57. The molecule has 6 rings (SSSR count). The van der Waals surface area contributed by atoms with Crippen molar-refractivity contribution in [2.45, 2.75) is 44.4 Å². The van der Waals surface area contributed by atoms with E-state index in [0.717, 1.165) is 61.3 Å². The van der Waals surface area contributed by atoms with Gasteiger partial charge in [-0.1, -0.05) is 0 Å². The van der Waals surface area contributed by atoms with Crippen molar-refractivity contribution < 1.29 is 31.8 Å². The van der Waals surface area contributed by atoms with Crippen LogP contribution in [0.2, 0.25) is 0 Å². The fourth-order valence-corrected chi connectivity index (χ4v) is 6.40. The van der Waals surface area contributed by atoms with Crippen molar-refractivity contribution in [1.29, 1.82) is 0 Å². The molecule has 2 unspecified atom stereocenters. The highest BCUT2D eigenvalue weighted by Crippen LogP contribution is 2.42. The molecule has 3 aliphatic rings. The van der Waals surface area contributed by atoms with Crippen LogP contribution in [-0.4, -0.2) is 53.4 Å². The molecule has 202 valence electrons. The first-order valence-electron chi connectivity index (χ1n) is 12.9. The number of fused-ring (bicyclic) bond motifs is 4. The first kappa shape index (κ1) is 25.0. The number of rotatable bonds is 3. The van der Waals surface area contributed by atoms with E-state index in [1.807, 2.05) is 0 Å². The van der Waals surface area contributed by atoms with E-state index in [2.05, 4.69) is 14.7 Å². The Balaban J connectivity index is 1.21. The Bertz CT molecular complexity index is 1380. The van der Waals surface area contributed by atoms with Gasteiger partial charge in [-0.15, -0.1) is 13.2 Å². The molecule has 3 aromatic rings. The van der Waals surface area contributed by atoms with Gasteiger partial charge in [0.1, 0.15) is 17.2 Å². The number of aromatic amines is 1. The summed E-state index contributed by atoms with van der Waals surface area (Å²) in [5.74, 6) is -0.302. The van der Waals surface area contributed by atoms with Crippen molar-refractivity contribution >= 4 is 22.6 Å². The minimum Gasteiger partial charge on any atom is -0.406 e. The summed E-state index contributed by atoms with van der Waals surface area (Å²) < 4.78 is 62.4. The lowest BCUT2D eigenvalue weighted by Gasteiger charge is -2.36. The van der Waals surface area contributed by atoms with Crippen LogP contribution in [0.4, 0.5) is 23.2 Å². The lowest BCUT2D eigenvalue weighted by molar-refractivity contribution is -0.274. The average Bonchev–Trinajstić information content (AvgIpc) is 3.23. The van der Waals surface area contributed by atoms with Crippen molar-refractivity contribution in [3.05, 3.63) is 52.6 Å². The highest BCUT2D eigenvalue weighted by molar-refractivity contribution is 5.99. The quantitative estimate of drug-likeness (QED) is 0.368. The van der Waals surface area contributed by atoms with Crippen molar-refractivity contribution in [3.63, 3.8) is 0 Å². The minimum absolute atomic E-state index is 0.0929. The number of nitrogen functional groups attached to an aromatic ring is 1. The molecule has 7 nitrogen and oxygen atoms in total. The second kappa shape index (κ2) is 9.44. The van der Waals surface area contributed by atoms with Gasteiger partial charge >= 0.3 is 6.36 Å². The molecular weight excluding hydrogens is 504 g/mol. The van der Waals surface area contributed by atoms with Gasteiger partial charge in [-0.25, -0.2) is 9.37 Å². The SMILES string of the molecule is Nc1cc(OC(F)(F)F)ccc1C(=O)N1CCC(c2c(F)cnc3[nH]c4c(c23)CC2COCCC2C4)CC1. The zero-order valence-corrected chi connectivity index (χ0v) is 20.6. The van der Waals surface area contributed by atoms with E-state index in [9.17, 15) is 18.0 Å². The summed E-state index contributed by atoms with van der Waals surface area (Å²) >= 11 is 0. The maximum atomic E-state index is 15.3. The number of H-pyrrole nitrogens is 1. The molecule has 0 bridgehead atoms. The second-order valence-corrected chi connectivity index (χ2v) is 10.5. The number of hydrogen-bond acceptors (Lipinski definition) is 5. The standard InChI is InChI=1S/C27H28F4N4O3/c28-20-12-33-25-24(19-9-16-13-37-8-5-15(16)10-22(19)34-25)23(20)14-3-6-35(7-4-14)26(36)18-2-1-17(11-21(18)32)38-27(29,30)31/h1-2,11-12,14-16H,3-10,13,32H2,(H,33,34). The summed E-state index contributed by atoms with van der Waals surface area (Å²) in [6.07, 6.45) is 0.308. The predicted octanol–water partition coefficient (Wildman–Crippen LogP) is 4.95. The first-order valence-corrected chi connectivity index (χ1v) is 12.9. The van der Waals surface area contributed by atoms with Gasteiger partial charge in [-0.05, 0) is 67.6 Å². The van der Waals surface area contributed by atoms with Crippen LogP contribution >= 0.6 is 0 Å². The molecule has 11 heteroatoms. The maximum Gasteiger partial charge on any atom is 0.573 e. The largest absolute Gasteiger partial charge is 0.573 e. The molecule has 4 heterocycles. The van der Waals surface area contributed by atoms with E-state index in [1.54, 1.807) is 4.90 Å². The Morgan fingerprint density at radius 3 is 2.68 bits per heavy atom. The number of alkyl halides is 3. The van der Waals surface area contributed by atoms with Crippen molar-refractivity contribution in [3.8, 4) is 5.75 Å². The summed E-state index contributed by atoms with van der Waals surface area (Å²) in [6, 6.07) is 3.31. The zero-order chi connectivity index (χ0) is 26.6. The van der Waals surface area contributed by atoms with Crippen LogP contribution in [0.15, 0.2) is 24.4 Å². The Kier molecular flexibility index (Phi) is 6.20. The van der Waals surface area contributed by atoms with Crippen LogP contribution in [0, 0.1) is 17.7 Å². The van der Waals surface area contributed by atoms with Crippen LogP contribution in [0.1, 0.15) is 52.4 Å². The number of carbonyl (C=O) groups is 1. The van der Waals surface area contributed by atoms with Crippen LogP contribution < -0.4 is 10.5 Å². The molecule has 0 radical (unpaired) electrons. The molecule has 0 spiro atoms. The van der Waals surface area contributed by atoms with Gasteiger partial charge in [0, 0.05) is 54.7 Å². The number of piperidine rings is 1. The van der Waals surface area contributed by atoms with Gasteiger partial charge in [-0.3, -0.25) is 4.79 Å². The molecule has 2 atom stereocenters. The maximum absolute atomic E-state index is 15.3. The molecule has 0 saturated carbocycles. The number of likely N-dealkylation sites (tertiary alicyclic amines) is 1. The van der Waals surface area contributed by atoms with E-state index in [1.165, 1.54) is 12.3 Å². The molecule has 2 fully saturated rings. The van der Waals surface area contributed by atoms with Gasteiger partial charge in [0.15, 0.2) is 0 Å². The Morgan fingerprint density at radius 1 is 1.16 bits per heavy atom. The van der Waals surface area contributed by atoms with Crippen molar-refractivity contribution in [1.82, 2.24) is 14.9 Å². The number of nitrogens with two attached hydrogens (primary N) is 1. The number of pyridine rings is 1. The molecule has 1 amide bonds. The van der Waals surface area contributed by atoms with Gasteiger partial charge in [0.2, 0.25) is 0 Å². The van der Waals surface area contributed by atoms with E-state index >= 15 is 4.39 Å². The number of nitrogens with one attached hydrogen (secondary N) is 1. The average molecular weight is 533 g/mol. The number of hydrogen-bond donors (Lipinski definition) is 2. The van der Waals surface area contributed by atoms with Crippen molar-refractivity contribution in [2.24, 2.45) is 11.8 Å². The lowest BCUT2D eigenvalue weighted by Crippen LogP contribution is -2.38. The van der Waals surface area contributed by atoms with Crippen molar-refractivity contribution in [2.75, 3.05) is 32.0 Å². The first-order chi connectivity index (χ1) is 18.2. The third-order valence-corrected chi connectivity index (χ3v) is 8.25. The van der Waals surface area contributed by atoms with Crippen LogP contribution in [0.3, 0.4) is 0 Å². The van der Waals surface area contributed by atoms with E-state index in [0.29, 0.717) is 49.0 Å². The fraction of sp³-hybridized carbons (Fsp3) is 0.481. The number of benzene rings is 1. The zero-order valence-electron chi connectivity index (χ0n) is 20.6. The van der Waals surface area contributed by atoms with E-state index in [4.69, 9.17) is 10.5 Å². The number of anilines is 1. The smallest absolute Gasteiger partial charge is 0.406 e. The summed E-state index contributed by atoms with van der Waals surface area (Å²) in [7, 11) is 0. The van der Waals surface area contributed by atoms with Crippen LogP contribution in [-0.2, 0) is 17.6 Å². The summed E-state index contributed by atoms with van der Waals surface area (Å²) in [5.41, 5.74) is 9.55. The van der Waals surface area contributed by atoms with Crippen LogP contribution in [0.25, 0.3) is 11.0 Å². The molecule has 1 aromatic carbocycles. The summed E-state index contributed by atoms with van der Waals surface area (Å²) in [4.78, 5) is 22.5. The molecule has 1 aliphatic carbocycles. The normalized spacial score (nSPS) is 22.3. The number of nitrogens with zero attached hydrogens (tertiary/aromatic N) is 2. The summed E-state index contributed by atoms with van der Waals surface area (Å²) in [6.45, 7) is 2.25. The second-order valence-electron chi connectivity index (χ2n) is 10.5. The number of carbonyl (C=O) groups excluding carboxylic acids is 1. The molecule has 2 aliphatic heterocycles.